The molecule has 1 aliphatic rings. The van der Waals surface area contributed by atoms with Gasteiger partial charge in [0.15, 0.2) is 0 Å². The summed E-state index contributed by atoms with van der Waals surface area (Å²) in [5, 5.41) is 3.38. The van der Waals surface area contributed by atoms with Crippen LogP contribution in [0.15, 0.2) is 30.7 Å². The van der Waals surface area contributed by atoms with E-state index < -0.39 is 0 Å². The van der Waals surface area contributed by atoms with Crippen molar-refractivity contribution in [3.05, 3.63) is 36.5 Å². The number of hydrogen-bond donors (Lipinski definition) is 1. The molecule has 2 aromatic rings. The number of nitrogens with one attached hydrogen (secondary N) is 1. The summed E-state index contributed by atoms with van der Waals surface area (Å²) in [5.41, 5.74) is 2.26. The summed E-state index contributed by atoms with van der Waals surface area (Å²) in [4.78, 5) is 8.72. The molecular weight excluding hydrogens is 212 g/mol. The van der Waals surface area contributed by atoms with Gasteiger partial charge in [-0.2, -0.15) is 0 Å². The average Bonchev–Trinajstić information content (AvgIpc) is 2.99. The minimum Gasteiger partial charge on any atom is -0.331 e. The minimum absolute atomic E-state index is 0.547. The highest BCUT2D eigenvalue weighted by molar-refractivity contribution is 5.57. The van der Waals surface area contributed by atoms with Gasteiger partial charge in [-0.1, -0.05) is 0 Å². The topological polar surface area (TPSA) is 42.7 Å². The molecule has 4 heteroatoms. The standard InChI is InChI=1S/C13H16N4/c1-17-12(10-3-2-5-14-7-10)9-16-13(17)11-4-6-15-8-11/h2-3,5,7,9,11,15H,4,6,8H2,1H3. The Morgan fingerprint density at radius 3 is 3.06 bits per heavy atom. The van der Waals surface area contributed by atoms with E-state index >= 15 is 0 Å². The molecule has 0 radical (unpaired) electrons. The maximum absolute atomic E-state index is 4.57. The van der Waals surface area contributed by atoms with Crippen molar-refractivity contribution in [1.82, 2.24) is 19.9 Å². The Kier molecular flexibility index (Phi) is 2.65. The summed E-state index contributed by atoms with van der Waals surface area (Å²) < 4.78 is 2.19. The summed E-state index contributed by atoms with van der Waals surface area (Å²) in [5.74, 6) is 1.72. The fourth-order valence-corrected chi connectivity index (χ4v) is 2.46. The molecule has 0 saturated carbocycles. The molecular formula is C13H16N4. The highest BCUT2D eigenvalue weighted by Gasteiger charge is 2.21. The van der Waals surface area contributed by atoms with Crippen molar-refractivity contribution < 1.29 is 0 Å². The zero-order valence-electron chi connectivity index (χ0n) is 9.93. The molecule has 1 unspecified atom stereocenters. The second kappa shape index (κ2) is 4.30. The Labute approximate surface area is 101 Å². The van der Waals surface area contributed by atoms with Crippen molar-refractivity contribution in [1.29, 1.82) is 0 Å². The third kappa shape index (κ3) is 1.85. The van der Waals surface area contributed by atoms with Gasteiger partial charge in [0.25, 0.3) is 0 Å². The van der Waals surface area contributed by atoms with E-state index in [9.17, 15) is 0 Å². The minimum atomic E-state index is 0.547. The quantitative estimate of drug-likeness (QED) is 0.848. The fraction of sp³-hybridized carbons (Fsp3) is 0.385. The van der Waals surface area contributed by atoms with Gasteiger partial charge >= 0.3 is 0 Å². The van der Waals surface area contributed by atoms with Gasteiger partial charge in [-0.3, -0.25) is 4.98 Å². The summed E-state index contributed by atoms with van der Waals surface area (Å²) in [7, 11) is 2.09. The predicted molar refractivity (Wildman–Crippen MR) is 66.7 cm³/mol. The van der Waals surface area contributed by atoms with Crippen molar-refractivity contribution in [2.24, 2.45) is 7.05 Å². The maximum Gasteiger partial charge on any atom is 0.113 e. The first-order valence-corrected chi connectivity index (χ1v) is 5.99. The van der Waals surface area contributed by atoms with E-state index in [4.69, 9.17) is 0 Å². The van der Waals surface area contributed by atoms with E-state index in [1.165, 1.54) is 12.2 Å². The van der Waals surface area contributed by atoms with Gasteiger partial charge in [-0.05, 0) is 25.1 Å². The lowest BCUT2D eigenvalue weighted by Crippen LogP contribution is -2.11. The van der Waals surface area contributed by atoms with Crippen LogP contribution in [0.3, 0.4) is 0 Å². The summed E-state index contributed by atoms with van der Waals surface area (Å²) in [6.45, 7) is 2.14. The van der Waals surface area contributed by atoms with Crippen LogP contribution >= 0.6 is 0 Å². The largest absolute Gasteiger partial charge is 0.331 e. The smallest absolute Gasteiger partial charge is 0.113 e. The molecule has 0 aliphatic carbocycles. The number of imidazole rings is 1. The Balaban J connectivity index is 1.97. The second-order valence-electron chi connectivity index (χ2n) is 4.49. The lowest BCUT2D eigenvalue weighted by atomic mass is 10.1. The SMILES string of the molecule is Cn1c(-c2cccnc2)cnc1C1CCNC1. The Morgan fingerprint density at radius 1 is 1.41 bits per heavy atom. The first-order chi connectivity index (χ1) is 8.36. The number of hydrogen-bond acceptors (Lipinski definition) is 3. The maximum atomic E-state index is 4.57. The van der Waals surface area contributed by atoms with E-state index in [-0.39, 0.29) is 0 Å². The molecule has 3 rings (SSSR count). The molecule has 0 spiro atoms. The van der Waals surface area contributed by atoms with Crippen molar-refractivity contribution in [3.63, 3.8) is 0 Å². The molecule has 1 aliphatic heterocycles. The summed E-state index contributed by atoms with van der Waals surface area (Å²) >= 11 is 0. The van der Waals surface area contributed by atoms with Crippen LogP contribution in [-0.4, -0.2) is 27.6 Å². The number of nitrogens with zero attached hydrogens (tertiary/aromatic N) is 3. The van der Waals surface area contributed by atoms with Crippen LogP contribution in [0.1, 0.15) is 18.2 Å². The van der Waals surface area contributed by atoms with Gasteiger partial charge in [0.05, 0.1) is 11.9 Å². The van der Waals surface area contributed by atoms with Crippen LogP contribution in [0.25, 0.3) is 11.3 Å². The Bertz CT molecular complexity index is 497. The van der Waals surface area contributed by atoms with Crippen LogP contribution in [0.5, 0.6) is 0 Å². The number of aromatic nitrogens is 3. The molecule has 2 aromatic heterocycles. The van der Waals surface area contributed by atoms with E-state index in [2.05, 4.69) is 33.0 Å². The van der Waals surface area contributed by atoms with Crippen LogP contribution < -0.4 is 5.32 Å². The predicted octanol–water partition coefficient (Wildman–Crippen LogP) is 1.56. The fourth-order valence-electron chi connectivity index (χ4n) is 2.46. The third-order valence-corrected chi connectivity index (χ3v) is 3.41. The second-order valence-corrected chi connectivity index (χ2v) is 4.49. The van der Waals surface area contributed by atoms with Crippen molar-refractivity contribution in [2.45, 2.75) is 12.3 Å². The van der Waals surface area contributed by atoms with Gasteiger partial charge in [-0.15, -0.1) is 0 Å². The first kappa shape index (κ1) is 10.5. The van der Waals surface area contributed by atoms with Crippen molar-refractivity contribution >= 4 is 0 Å². The van der Waals surface area contributed by atoms with Gasteiger partial charge in [0.1, 0.15) is 5.82 Å². The lowest BCUT2D eigenvalue weighted by Gasteiger charge is -2.10. The molecule has 0 amide bonds. The van der Waals surface area contributed by atoms with Crippen LogP contribution in [-0.2, 0) is 7.05 Å². The summed E-state index contributed by atoms with van der Waals surface area (Å²) in [6, 6.07) is 4.03. The molecule has 0 aromatic carbocycles. The molecule has 3 heterocycles. The van der Waals surface area contributed by atoms with Gasteiger partial charge in [0.2, 0.25) is 0 Å². The van der Waals surface area contributed by atoms with Crippen LogP contribution in [0, 0.1) is 0 Å². The lowest BCUT2D eigenvalue weighted by molar-refractivity contribution is 0.662. The molecule has 0 bridgehead atoms. The zero-order chi connectivity index (χ0) is 11.7. The highest BCUT2D eigenvalue weighted by atomic mass is 15.1. The first-order valence-electron chi connectivity index (χ1n) is 5.99. The molecule has 1 atom stereocenters. The zero-order valence-corrected chi connectivity index (χ0v) is 9.93. The molecule has 88 valence electrons. The van der Waals surface area contributed by atoms with E-state index in [0.717, 1.165) is 24.3 Å². The monoisotopic (exact) mass is 228 g/mol. The van der Waals surface area contributed by atoms with Crippen molar-refractivity contribution in [3.8, 4) is 11.3 Å². The van der Waals surface area contributed by atoms with Gasteiger partial charge in [-0.25, -0.2) is 4.98 Å². The van der Waals surface area contributed by atoms with Gasteiger partial charge < -0.3 is 9.88 Å². The molecule has 4 nitrogen and oxygen atoms in total. The van der Waals surface area contributed by atoms with E-state index in [1.807, 2.05) is 18.5 Å². The molecule has 1 saturated heterocycles. The molecule has 1 fully saturated rings. The highest BCUT2D eigenvalue weighted by Crippen LogP contribution is 2.25. The molecule has 17 heavy (non-hydrogen) atoms. The number of rotatable bonds is 2. The van der Waals surface area contributed by atoms with E-state index in [0.29, 0.717) is 5.92 Å². The van der Waals surface area contributed by atoms with Crippen LogP contribution in [0.2, 0.25) is 0 Å². The van der Waals surface area contributed by atoms with Crippen LogP contribution in [0.4, 0.5) is 0 Å². The normalized spacial score (nSPS) is 19.7. The third-order valence-electron chi connectivity index (χ3n) is 3.41. The number of pyridine rings is 1. The summed E-state index contributed by atoms with van der Waals surface area (Å²) in [6.07, 6.45) is 6.80. The molecule has 1 N–H and O–H groups in total. The Hall–Kier alpha value is -1.68. The van der Waals surface area contributed by atoms with E-state index in [1.54, 1.807) is 6.20 Å². The van der Waals surface area contributed by atoms with Crippen molar-refractivity contribution in [2.75, 3.05) is 13.1 Å². The Morgan fingerprint density at radius 2 is 2.35 bits per heavy atom. The van der Waals surface area contributed by atoms with Gasteiger partial charge in [0, 0.05) is 37.5 Å². The average molecular weight is 228 g/mol.